The van der Waals surface area contributed by atoms with Gasteiger partial charge in [0.1, 0.15) is 24.2 Å². The molecule has 180 valence electrons. The first kappa shape index (κ1) is 23.0. The minimum Gasteiger partial charge on any atom is -0.491 e. The largest absolute Gasteiger partial charge is 0.491 e. The second-order valence-electron chi connectivity index (χ2n) is 10.2. The lowest BCUT2D eigenvalue weighted by molar-refractivity contribution is 0.0733. The maximum Gasteiger partial charge on any atom is 0.254 e. The molecule has 2 heterocycles. The van der Waals surface area contributed by atoms with Crippen LogP contribution in [0.5, 0.6) is 11.5 Å². The summed E-state index contributed by atoms with van der Waals surface area (Å²) in [6.45, 7) is 10.00. The van der Waals surface area contributed by atoms with Crippen LogP contribution in [0, 0.1) is 5.41 Å². The maximum absolute atomic E-state index is 13.3. The number of ether oxygens (including phenoxy) is 2. The Balaban J connectivity index is 1.34. The molecule has 1 atom stereocenters. The van der Waals surface area contributed by atoms with E-state index < -0.39 is 0 Å². The van der Waals surface area contributed by atoms with Gasteiger partial charge in [-0.25, -0.2) is 4.98 Å². The third-order valence-corrected chi connectivity index (χ3v) is 6.71. The summed E-state index contributed by atoms with van der Waals surface area (Å²) in [4.78, 5) is 22.7. The number of amides is 1. The van der Waals surface area contributed by atoms with Crippen LogP contribution in [-0.4, -0.2) is 40.0 Å². The summed E-state index contributed by atoms with van der Waals surface area (Å²) in [5, 5.41) is 0. The van der Waals surface area contributed by atoms with Gasteiger partial charge in [-0.15, -0.1) is 0 Å². The number of H-pyrrole nitrogens is 1. The highest BCUT2D eigenvalue weighted by Gasteiger charge is 2.23. The molecule has 0 radical (unpaired) electrons. The summed E-state index contributed by atoms with van der Waals surface area (Å²) < 4.78 is 12.0. The molecule has 5 rings (SSSR count). The molecule has 0 saturated carbocycles. The second-order valence-corrected chi connectivity index (χ2v) is 10.2. The van der Waals surface area contributed by atoms with E-state index in [1.807, 2.05) is 41.3 Å². The van der Waals surface area contributed by atoms with Crippen LogP contribution in [-0.2, 0) is 6.54 Å². The number of hydrogen-bond acceptors (Lipinski definition) is 4. The summed E-state index contributed by atoms with van der Waals surface area (Å²) >= 11 is 0. The van der Waals surface area contributed by atoms with Crippen molar-refractivity contribution in [2.75, 3.05) is 13.2 Å². The molecule has 35 heavy (non-hydrogen) atoms. The first-order valence-corrected chi connectivity index (χ1v) is 12.0. The molecule has 0 spiro atoms. The molecule has 0 fully saturated rings. The molecular formula is C29H31N3O3. The van der Waals surface area contributed by atoms with Crippen molar-refractivity contribution in [2.45, 2.75) is 40.3 Å². The molecule has 1 amide bonds. The molecule has 4 aromatic rings. The summed E-state index contributed by atoms with van der Waals surface area (Å²) in [6.07, 6.45) is 1.76. The third kappa shape index (κ3) is 4.87. The lowest BCUT2D eigenvalue weighted by Crippen LogP contribution is -2.32. The Morgan fingerprint density at radius 3 is 2.57 bits per heavy atom. The lowest BCUT2D eigenvalue weighted by atomic mass is 9.90. The number of nitrogens with zero attached hydrogens (tertiary/aromatic N) is 2. The van der Waals surface area contributed by atoms with E-state index in [0.717, 1.165) is 39.2 Å². The molecule has 0 aliphatic carbocycles. The van der Waals surface area contributed by atoms with Crippen molar-refractivity contribution in [3.05, 3.63) is 78.1 Å². The number of aromatic nitrogens is 2. The molecule has 0 saturated heterocycles. The lowest BCUT2D eigenvalue weighted by Gasteiger charge is -2.28. The van der Waals surface area contributed by atoms with E-state index in [2.05, 4.69) is 61.9 Å². The standard InChI is InChI=1S/C29H31N3O3/c1-19(29(2,3)4)35-24-9-5-20(6-10-24)28(33)32-13-14-34-27-12-8-21(15-23(27)17-32)22-7-11-25-26(16-22)31-18-30-25/h5-12,15-16,18-19H,13-14,17H2,1-4H3,(H,30,31). The van der Waals surface area contributed by atoms with Crippen molar-refractivity contribution in [3.63, 3.8) is 0 Å². The number of carbonyl (C=O) groups is 1. The molecule has 6 nitrogen and oxygen atoms in total. The number of hydrogen-bond donors (Lipinski definition) is 1. The minimum absolute atomic E-state index is 0.0128. The highest BCUT2D eigenvalue weighted by atomic mass is 16.5. The Kier molecular flexibility index (Phi) is 5.97. The van der Waals surface area contributed by atoms with E-state index in [4.69, 9.17) is 9.47 Å². The number of nitrogens with one attached hydrogen (secondary N) is 1. The molecule has 6 heteroatoms. The smallest absolute Gasteiger partial charge is 0.254 e. The van der Waals surface area contributed by atoms with E-state index in [1.54, 1.807) is 6.33 Å². The van der Waals surface area contributed by atoms with Gasteiger partial charge in [-0.2, -0.15) is 0 Å². The van der Waals surface area contributed by atoms with Crippen LogP contribution in [0.3, 0.4) is 0 Å². The maximum atomic E-state index is 13.3. The Labute approximate surface area is 205 Å². The van der Waals surface area contributed by atoms with Crippen LogP contribution in [0.15, 0.2) is 67.0 Å². The van der Waals surface area contributed by atoms with Crippen LogP contribution in [0.1, 0.15) is 43.6 Å². The number of imidazole rings is 1. The van der Waals surface area contributed by atoms with E-state index in [9.17, 15) is 4.79 Å². The van der Waals surface area contributed by atoms with E-state index in [0.29, 0.717) is 25.3 Å². The van der Waals surface area contributed by atoms with Crippen molar-refractivity contribution < 1.29 is 14.3 Å². The minimum atomic E-state index is -0.0128. The average molecular weight is 470 g/mol. The summed E-state index contributed by atoms with van der Waals surface area (Å²) in [5.74, 6) is 1.58. The number of fused-ring (bicyclic) bond motifs is 2. The fourth-order valence-corrected chi connectivity index (χ4v) is 4.10. The Morgan fingerprint density at radius 1 is 1.06 bits per heavy atom. The summed E-state index contributed by atoms with van der Waals surface area (Å²) in [7, 11) is 0. The molecule has 0 bridgehead atoms. The Hall–Kier alpha value is -3.80. The van der Waals surface area contributed by atoms with E-state index in [1.165, 1.54) is 0 Å². The molecule has 1 unspecified atom stereocenters. The Bertz CT molecular complexity index is 1350. The highest BCUT2D eigenvalue weighted by molar-refractivity contribution is 5.94. The van der Waals surface area contributed by atoms with Crippen LogP contribution < -0.4 is 9.47 Å². The number of aromatic amines is 1. The molecular weight excluding hydrogens is 438 g/mol. The van der Waals surface area contributed by atoms with Crippen LogP contribution in [0.25, 0.3) is 22.2 Å². The van der Waals surface area contributed by atoms with Gasteiger partial charge < -0.3 is 19.4 Å². The van der Waals surface area contributed by atoms with Crippen LogP contribution >= 0.6 is 0 Å². The monoisotopic (exact) mass is 469 g/mol. The predicted octanol–water partition coefficient (Wildman–Crippen LogP) is 6.08. The number of benzene rings is 3. The normalized spacial score (nSPS) is 14.7. The molecule has 1 N–H and O–H groups in total. The fraction of sp³-hybridized carbons (Fsp3) is 0.310. The molecule has 1 aliphatic rings. The molecule has 3 aromatic carbocycles. The molecule has 1 aromatic heterocycles. The van der Waals surface area contributed by atoms with Gasteiger partial charge in [-0.05, 0) is 72.0 Å². The first-order chi connectivity index (χ1) is 16.8. The predicted molar refractivity (Wildman–Crippen MR) is 138 cm³/mol. The zero-order chi connectivity index (χ0) is 24.6. The summed E-state index contributed by atoms with van der Waals surface area (Å²) in [6, 6.07) is 19.8. The quantitative estimate of drug-likeness (QED) is 0.393. The van der Waals surface area contributed by atoms with Crippen molar-refractivity contribution in [2.24, 2.45) is 5.41 Å². The number of rotatable bonds is 4. The average Bonchev–Trinajstić information content (AvgIpc) is 3.21. The van der Waals surface area contributed by atoms with Crippen LogP contribution in [0.2, 0.25) is 0 Å². The van der Waals surface area contributed by atoms with Crippen LogP contribution in [0.4, 0.5) is 0 Å². The summed E-state index contributed by atoms with van der Waals surface area (Å²) in [5.41, 5.74) is 5.78. The Morgan fingerprint density at radius 2 is 1.80 bits per heavy atom. The SMILES string of the molecule is CC(Oc1ccc(C(=O)N2CCOc3ccc(-c4ccc5nc[nH]c5c4)cc3C2)cc1)C(C)(C)C. The van der Waals surface area contributed by atoms with Crippen molar-refractivity contribution >= 4 is 16.9 Å². The van der Waals surface area contributed by atoms with Crippen molar-refractivity contribution in [1.29, 1.82) is 0 Å². The second kappa shape index (κ2) is 9.10. The van der Waals surface area contributed by atoms with Gasteiger partial charge in [-0.3, -0.25) is 4.79 Å². The topological polar surface area (TPSA) is 67.4 Å². The van der Waals surface area contributed by atoms with Gasteiger partial charge >= 0.3 is 0 Å². The van der Waals surface area contributed by atoms with Gasteiger partial charge in [0, 0.05) is 17.7 Å². The highest BCUT2D eigenvalue weighted by Crippen LogP contribution is 2.31. The fourth-order valence-electron chi connectivity index (χ4n) is 4.10. The number of carbonyl (C=O) groups excluding carboxylic acids is 1. The zero-order valence-electron chi connectivity index (χ0n) is 20.7. The molecule has 1 aliphatic heterocycles. The zero-order valence-corrected chi connectivity index (χ0v) is 20.7. The van der Waals surface area contributed by atoms with Crippen molar-refractivity contribution in [3.8, 4) is 22.6 Å². The van der Waals surface area contributed by atoms with Gasteiger partial charge in [0.2, 0.25) is 0 Å². The van der Waals surface area contributed by atoms with Crippen molar-refractivity contribution in [1.82, 2.24) is 14.9 Å². The van der Waals surface area contributed by atoms with Gasteiger partial charge in [0.15, 0.2) is 0 Å². The first-order valence-electron chi connectivity index (χ1n) is 12.0. The van der Waals surface area contributed by atoms with Gasteiger partial charge in [0.05, 0.1) is 23.9 Å². The third-order valence-electron chi connectivity index (χ3n) is 6.71. The van der Waals surface area contributed by atoms with Gasteiger partial charge in [-0.1, -0.05) is 32.9 Å². The van der Waals surface area contributed by atoms with E-state index >= 15 is 0 Å². The van der Waals surface area contributed by atoms with E-state index in [-0.39, 0.29) is 17.4 Å². The van der Waals surface area contributed by atoms with Gasteiger partial charge in [0.25, 0.3) is 5.91 Å².